The number of halogens is 1. The van der Waals surface area contributed by atoms with Crippen LogP contribution >= 0.6 is 35.6 Å². The largest absolute Gasteiger partial charge is 0.748 e. The third-order valence-electron chi connectivity index (χ3n) is 2.58. The summed E-state index contributed by atoms with van der Waals surface area (Å²) in [4.78, 5) is 13.6. The number of rotatable bonds is 4. The Bertz CT molecular complexity index is 730. The highest BCUT2D eigenvalue weighted by Crippen LogP contribution is 2.32. The first-order valence-corrected chi connectivity index (χ1v) is 8.89. The van der Waals surface area contributed by atoms with Crippen molar-refractivity contribution in [2.45, 2.75) is 0 Å². The summed E-state index contributed by atoms with van der Waals surface area (Å²) < 4.78 is 32.1. The van der Waals surface area contributed by atoms with Crippen molar-refractivity contribution < 1.29 is 17.8 Å². The van der Waals surface area contributed by atoms with Gasteiger partial charge in [-0.15, -0.1) is 0 Å². The van der Waals surface area contributed by atoms with Crippen LogP contribution in [0.2, 0.25) is 5.02 Å². The summed E-state index contributed by atoms with van der Waals surface area (Å²) in [7, 11) is -4.39. The summed E-state index contributed by atoms with van der Waals surface area (Å²) in [6, 6.07) is 6.93. The number of hydrogen-bond acceptors (Lipinski definition) is 6. The number of hydrogen-bond donors (Lipinski definition) is 0. The van der Waals surface area contributed by atoms with Crippen molar-refractivity contribution >= 4 is 62.0 Å². The Balaban J connectivity index is 2.18. The lowest BCUT2D eigenvalue weighted by atomic mass is 10.2. The molecule has 2 rings (SSSR count). The van der Waals surface area contributed by atoms with Crippen LogP contribution in [0.4, 0.5) is 0 Å². The highest BCUT2D eigenvalue weighted by molar-refractivity contribution is 8.26. The average Bonchev–Trinajstić information content (AvgIpc) is 2.61. The van der Waals surface area contributed by atoms with Crippen LogP contribution in [0.25, 0.3) is 6.08 Å². The third-order valence-corrected chi connectivity index (χ3v) is 4.88. The van der Waals surface area contributed by atoms with E-state index in [0.29, 0.717) is 9.93 Å². The molecule has 0 aliphatic carbocycles. The Kier molecular flexibility index (Phi) is 5.05. The van der Waals surface area contributed by atoms with Gasteiger partial charge in [-0.3, -0.25) is 9.69 Å². The SMILES string of the molecule is O=C1/C(=C/c2cccc(Cl)c2)SC(=S)N1CCS(=O)(=O)[O-]. The number of carbonyl (C=O) groups is 1. The Labute approximate surface area is 136 Å². The molecule has 1 heterocycles. The van der Waals surface area contributed by atoms with E-state index >= 15 is 0 Å². The standard InChI is InChI=1S/C12H10ClNO4S3/c13-9-3-1-2-8(6-9)7-10-11(15)14(12(19)20-10)4-5-21(16,17)18/h1-3,6-7H,4-5H2,(H,16,17,18)/p-1/b10-7-. The maximum atomic E-state index is 12.1. The predicted molar refractivity (Wildman–Crippen MR) is 85.9 cm³/mol. The van der Waals surface area contributed by atoms with Crippen molar-refractivity contribution in [1.82, 2.24) is 4.90 Å². The molecule has 0 bridgehead atoms. The van der Waals surface area contributed by atoms with E-state index in [4.69, 9.17) is 23.8 Å². The molecule has 0 radical (unpaired) electrons. The van der Waals surface area contributed by atoms with Crippen LogP contribution in [0.1, 0.15) is 5.56 Å². The second kappa shape index (κ2) is 6.45. The highest BCUT2D eigenvalue weighted by atomic mass is 35.5. The first-order chi connectivity index (χ1) is 9.76. The maximum Gasteiger partial charge on any atom is 0.266 e. The molecular weight excluding hydrogens is 354 g/mol. The quantitative estimate of drug-likeness (QED) is 0.463. The molecule has 1 aromatic carbocycles. The third kappa shape index (κ3) is 4.52. The van der Waals surface area contributed by atoms with Crippen LogP contribution in [0.3, 0.4) is 0 Å². The van der Waals surface area contributed by atoms with Crippen molar-refractivity contribution in [2.75, 3.05) is 12.3 Å². The van der Waals surface area contributed by atoms with Gasteiger partial charge < -0.3 is 4.55 Å². The van der Waals surface area contributed by atoms with Gasteiger partial charge in [-0.25, -0.2) is 8.42 Å². The van der Waals surface area contributed by atoms with Gasteiger partial charge in [-0.2, -0.15) is 0 Å². The monoisotopic (exact) mass is 362 g/mol. The number of thioether (sulfide) groups is 1. The minimum atomic E-state index is -4.39. The Hall–Kier alpha value is -0.930. The molecule has 0 N–H and O–H groups in total. The van der Waals surface area contributed by atoms with Crippen LogP contribution in [0, 0.1) is 0 Å². The zero-order valence-electron chi connectivity index (χ0n) is 10.5. The molecule has 1 saturated heterocycles. The minimum Gasteiger partial charge on any atom is -0.748 e. The van der Waals surface area contributed by atoms with E-state index in [1.165, 1.54) is 0 Å². The fourth-order valence-electron chi connectivity index (χ4n) is 1.64. The fourth-order valence-corrected chi connectivity index (χ4v) is 3.56. The van der Waals surface area contributed by atoms with Gasteiger partial charge in [0.2, 0.25) is 0 Å². The predicted octanol–water partition coefficient (Wildman–Crippen LogP) is 2.09. The van der Waals surface area contributed by atoms with Crippen molar-refractivity contribution in [3.8, 4) is 0 Å². The van der Waals surface area contributed by atoms with E-state index in [2.05, 4.69) is 0 Å². The molecule has 0 aromatic heterocycles. The van der Waals surface area contributed by atoms with E-state index in [1.807, 2.05) is 0 Å². The Morgan fingerprint density at radius 1 is 1.43 bits per heavy atom. The summed E-state index contributed by atoms with van der Waals surface area (Å²) in [5, 5.41) is 0.539. The van der Waals surface area contributed by atoms with Crippen LogP contribution in [0.15, 0.2) is 29.2 Å². The van der Waals surface area contributed by atoms with E-state index in [9.17, 15) is 17.8 Å². The summed E-state index contributed by atoms with van der Waals surface area (Å²) in [6.45, 7) is -0.233. The van der Waals surface area contributed by atoms with E-state index in [-0.39, 0.29) is 10.9 Å². The van der Waals surface area contributed by atoms with Crippen LogP contribution < -0.4 is 0 Å². The van der Waals surface area contributed by atoms with Crippen molar-refractivity contribution in [1.29, 1.82) is 0 Å². The number of nitrogens with zero attached hydrogens (tertiary/aromatic N) is 1. The first kappa shape index (κ1) is 16.4. The highest BCUT2D eigenvalue weighted by Gasteiger charge is 2.31. The molecule has 1 amide bonds. The second-order valence-corrected chi connectivity index (χ2v) is 7.79. The molecule has 9 heteroatoms. The molecule has 1 fully saturated rings. The zero-order valence-corrected chi connectivity index (χ0v) is 13.7. The van der Waals surface area contributed by atoms with Crippen LogP contribution in [0.5, 0.6) is 0 Å². The Morgan fingerprint density at radius 3 is 2.76 bits per heavy atom. The first-order valence-electron chi connectivity index (χ1n) is 5.71. The summed E-state index contributed by atoms with van der Waals surface area (Å²) in [5.74, 6) is -1.07. The molecule has 5 nitrogen and oxygen atoms in total. The summed E-state index contributed by atoms with van der Waals surface area (Å²) in [6.07, 6.45) is 1.62. The lowest BCUT2D eigenvalue weighted by Gasteiger charge is -2.15. The Morgan fingerprint density at radius 2 is 2.14 bits per heavy atom. The summed E-state index contributed by atoms with van der Waals surface area (Å²) >= 11 is 12.0. The molecule has 1 aromatic rings. The van der Waals surface area contributed by atoms with Crippen LogP contribution in [-0.4, -0.2) is 40.4 Å². The number of amides is 1. The molecule has 0 spiro atoms. The molecule has 1 aliphatic rings. The van der Waals surface area contributed by atoms with Crippen LogP contribution in [-0.2, 0) is 14.9 Å². The molecule has 1 aliphatic heterocycles. The van der Waals surface area contributed by atoms with Gasteiger partial charge in [-0.05, 0) is 23.8 Å². The molecule has 0 atom stereocenters. The lowest BCUT2D eigenvalue weighted by Crippen LogP contribution is -2.32. The molecular formula is C12H9ClNO4S3-. The van der Waals surface area contributed by atoms with Gasteiger partial charge in [-0.1, -0.05) is 47.7 Å². The van der Waals surface area contributed by atoms with Crippen molar-refractivity contribution in [3.05, 3.63) is 39.8 Å². The van der Waals surface area contributed by atoms with E-state index in [1.54, 1.807) is 30.3 Å². The zero-order chi connectivity index (χ0) is 15.6. The lowest BCUT2D eigenvalue weighted by molar-refractivity contribution is -0.121. The van der Waals surface area contributed by atoms with Crippen molar-refractivity contribution in [3.63, 3.8) is 0 Å². The molecule has 21 heavy (non-hydrogen) atoms. The normalized spacial score (nSPS) is 17.8. The van der Waals surface area contributed by atoms with Gasteiger partial charge in [0.1, 0.15) is 4.32 Å². The molecule has 0 saturated carbocycles. The molecule has 0 unspecified atom stereocenters. The maximum absolute atomic E-state index is 12.1. The van der Waals surface area contributed by atoms with Gasteiger partial charge in [0.25, 0.3) is 5.91 Å². The van der Waals surface area contributed by atoms with Crippen molar-refractivity contribution in [2.24, 2.45) is 0 Å². The van der Waals surface area contributed by atoms with Gasteiger partial charge >= 0.3 is 0 Å². The van der Waals surface area contributed by atoms with Gasteiger partial charge in [0.05, 0.1) is 20.8 Å². The number of thiocarbonyl (C=S) groups is 1. The fraction of sp³-hybridized carbons (Fsp3) is 0.167. The summed E-state index contributed by atoms with van der Waals surface area (Å²) in [5.41, 5.74) is 0.736. The van der Waals surface area contributed by atoms with E-state index < -0.39 is 21.8 Å². The molecule has 112 valence electrons. The average molecular weight is 363 g/mol. The van der Waals surface area contributed by atoms with Gasteiger partial charge in [0.15, 0.2) is 0 Å². The minimum absolute atomic E-state index is 0.233. The topological polar surface area (TPSA) is 77.5 Å². The van der Waals surface area contributed by atoms with E-state index in [0.717, 1.165) is 22.2 Å². The smallest absolute Gasteiger partial charge is 0.266 e. The number of benzene rings is 1. The number of carbonyl (C=O) groups excluding carboxylic acids is 1. The van der Waals surface area contributed by atoms with Gasteiger partial charge in [0, 0.05) is 11.6 Å². The second-order valence-electron chi connectivity index (χ2n) is 4.15.